The van der Waals surface area contributed by atoms with Crippen molar-refractivity contribution in [1.82, 2.24) is 5.43 Å². The highest BCUT2D eigenvalue weighted by Gasteiger charge is 2.33. The molecule has 0 saturated heterocycles. The molecule has 0 aliphatic heterocycles. The van der Waals surface area contributed by atoms with E-state index in [1.54, 1.807) is 5.43 Å². The maximum absolute atomic E-state index is 12.5. The highest BCUT2D eigenvalue weighted by atomic mass is 19.4. The molecule has 1 aromatic rings. The summed E-state index contributed by atoms with van der Waals surface area (Å²) >= 11 is 0. The Hall–Kier alpha value is -2.36. The topological polar surface area (TPSA) is 107 Å². The zero-order valence-corrected chi connectivity index (χ0v) is 10.1. The maximum Gasteiger partial charge on any atom is 0.416 e. The Bertz CT molecular complexity index is 533. The number of nitrogens with zero attached hydrogens (tertiary/aromatic N) is 1. The van der Waals surface area contributed by atoms with Gasteiger partial charge in [-0.2, -0.15) is 13.2 Å². The van der Waals surface area contributed by atoms with E-state index < -0.39 is 40.1 Å². The summed E-state index contributed by atoms with van der Waals surface area (Å²) in [7, 11) is 0. The molecule has 7 nitrogen and oxygen atoms in total. The highest BCUT2D eigenvalue weighted by Crippen LogP contribution is 2.36. The highest BCUT2D eigenvalue weighted by molar-refractivity contribution is 5.80. The van der Waals surface area contributed by atoms with Crippen LogP contribution < -0.4 is 16.0 Å². The van der Waals surface area contributed by atoms with Crippen LogP contribution in [0.15, 0.2) is 18.2 Å². The van der Waals surface area contributed by atoms with E-state index in [4.69, 9.17) is 10.6 Å². The Morgan fingerprint density at radius 2 is 2.10 bits per heavy atom. The molecule has 1 aromatic carbocycles. The molecule has 110 valence electrons. The number of alkyl halides is 3. The van der Waals surface area contributed by atoms with E-state index in [0.29, 0.717) is 12.1 Å². The summed E-state index contributed by atoms with van der Waals surface area (Å²) in [5.74, 6) is 3.61. The fourth-order valence-corrected chi connectivity index (χ4v) is 1.30. The zero-order chi connectivity index (χ0) is 15.5. The summed E-state index contributed by atoms with van der Waals surface area (Å²) in [5.41, 5.74) is -0.324. The molecular weight excluding hydrogens is 283 g/mol. The predicted octanol–water partition coefficient (Wildman–Crippen LogP) is 1.37. The van der Waals surface area contributed by atoms with Crippen LogP contribution >= 0.6 is 0 Å². The number of amides is 1. The number of nitro benzene ring substituents is 1. The molecule has 10 heteroatoms. The number of carbonyl (C=O) groups excluding carboxylic acids is 1. The van der Waals surface area contributed by atoms with Gasteiger partial charge in [0.1, 0.15) is 0 Å². The maximum atomic E-state index is 12.5. The van der Waals surface area contributed by atoms with Crippen LogP contribution in [0.25, 0.3) is 0 Å². The Labute approximate surface area is 110 Å². The van der Waals surface area contributed by atoms with E-state index >= 15 is 0 Å². The minimum atomic E-state index is -4.72. The number of rotatable bonds is 4. The lowest BCUT2D eigenvalue weighted by atomic mass is 10.2. The van der Waals surface area contributed by atoms with E-state index in [2.05, 4.69) is 0 Å². The van der Waals surface area contributed by atoms with Crippen molar-refractivity contribution in [2.45, 2.75) is 19.2 Å². The number of hydrogen-bond acceptors (Lipinski definition) is 5. The molecule has 1 amide bonds. The Kier molecular flexibility index (Phi) is 4.50. The van der Waals surface area contributed by atoms with Crippen molar-refractivity contribution in [3.05, 3.63) is 33.9 Å². The van der Waals surface area contributed by atoms with Crippen LogP contribution in [0.4, 0.5) is 18.9 Å². The molecule has 0 radical (unpaired) electrons. The number of nitrogens with two attached hydrogens (primary N) is 1. The zero-order valence-electron chi connectivity index (χ0n) is 10.1. The van der Waals surface area contributed by atoms with Gasteiger partial charge in [0.2, 0.25) is 0 Å². The monoisotopic (exact) mass is 293 g/mol. The second-order valence-electron chi connectivity index (χ2n) is 3.71. The summed E-state index contributed by atoms with van der Waals surface area (Å²) in [6.45, 7) is 1.24. The van der Waals surface area contributed by atoms with Crippen molar-refractivity contribution in [2.75, 3.05) is 0 Å². The van der Waals surface area contributed by atoms with E-state index in [1.165, 1.54) is 6.92 Å². The van der Waals surface area contributed by atoms with Gasteiger partial charge < -0.3 is 4.74 Å². The van der Waals surface area contributed by atoms with Crippen LogP contribution in [-0.4, -0.2) is 16.9 Å². The minimum absolute atomic E-state index is 0.336. The van der Waals surface area contributed by atoms with Crippen molar-refractivity contribution in [3.63, 3.8) is 0 Å². The van der Waals surface area contributed by atoms with Crippen LogP contribution in [0.3, 0.4) is 0 Å². The van der Waals surface area contributed by atoms with Gasteiger partial charge in [0.05, 0.1) is 10.5 Å². The average molecular weight is 293 g/mol. The molecular formula is C10H10F3N3O4. The Morgan fingerprint density at radius 3 is 2.55 bits per heavy atom. The lowest BCUT2D eigenvalue weighted by Gasteiger charge is -2.14. The summed E-state index contributed by atoms with van der Waals surface area (Å²) in [5, 5.41) is 10.8. The van der Waals surface area contributed by atoms with Gasteiger partial charge in [-0.25, -0.2) is 5.84 Å². The van der Waals surface area contributed by atoms with Crippen molar-refractivity contribution in [1.29, 1.82) is 0 Å². The van der Waals surface area contributed by atoms with Gasteiger partial charge >= 0.3 is 11.9 Å². The second kappa shape index (κ2) is 5.74. The van der Waals surface area contributed by atoms with E-state index in [-0.39, 0.29) is 0 Å². The fraction of sp³-hybridized carbons (Fsp3) is 0.300. The first-order valence-corrected chi connectivity index (χ1v) is 5.19. The second-order valence-corrected chi connectivity index (χ2v) is 3.71. The molecule has 0 aliphatic carbocycles. The van der Waals surface area contributed by atoms with Gasteiger partial charge in [0.15, 0.2) is 11.9 Å². The molecule has 20 heavy (non-hydrogen) atoms. The number of benzene rings is 1. The molecule has 1 unspecified atom stereocenters. The summed E-state index contributed by atoms with van der Waals surface area (Å²) in [6, 6.07) is 1.74. The van der Waals surface area contributed by atoms with E-state index in [1.807, 2.05) is 0 Å². The van der Waals surface area contributed by atoms with Crippen molar-refractivity contribution < 1.29 is 27.6 Å². The number of halogens is 3. The van der Waals surface area contributed by atoms with Gasteiger partial charge in [-0.05, 0) is 19.1 Å². The number of nitro groups is 1. The predicted molar refractivity (Wildman–Crippen MR) is 60.5 cm³/mol. The first kappa shape index (κ1) is 15.7. The molecule has 0 spiro atoms. The smallest absolute Gasteiger partial charge is 0.416 e. The first-order valence-electron chi connectivity index (χ1n) is 5.19. The molecule has 0 aliphatic rings. The van der Waals surface area contributed by atoms with Crippen LogP contribution in [0.5, 0.6) is 5.75 Å². The third-order valence-electron chi connectivity index (χ3n) is 2.30. The van der Waals surface area contributed by atoms with E-state index in [9.17, 15) is 28.1 Å². The molecule has 1 atom stereocenters. The largest absolute Gasteiger partial charge is 0.474 e. The van der Waals surface area contributed by atoms with Gasteiger partial charge in [0.25, 0.3) is 5.91 Å². The Morgan fingerprint density at radius 1 is 1.50 bits per heavy atom. The molecule has 3 N–H and O–H groups in total. The number of ether oxygens (including phenoxy) is 1. The Balaban J connectivity index is 3.15. The molecule has 0 bridgehead atoms. The average Bonchev–Trinajstić information content (AvgIpc) is 2.36. The van der Waals surface area contributed by atoms with Crippen LogP contribution in [-0.2, 0) is 11.0 Å². The minimum Gasteiger partial charge on any atom is -0.474 e. The lowest BCUT2D eigenvalue weighted by molar-refractivity contribution is -0.386. The molecule has 0 fully saturated rings. The number of nitrogens with one attached hydrogen (secondary N) is 1. The lowest BCUT2D eigenvalue weighted by Crippen LogP contribution is -2.40. The summed E-state index contributed by atoms with van der Waals surface area (Å²) in [4.78, 5) is 20.8. The van der Waals surface area contributed by atoms with Crippen molar-refractivity contribution in [2.24, 2.45) is 5.84 Å². The van der Waals surface area contributed by atoms with Crippen LogP contribution in [0, 0.1) is 10.1 Å². The quantitative estimate of drug-likeness (QED) is 0.377. The van der Waals surface area contributed by atoms with Gasteiger partial charge in [-0.15, -0.1) is 0 Å². The van der Waals surface area contributed by atoms with Gasteiger partial charge in [-0.3, -0.25) is 20.3 Å². The number of hydrogen-bond donors (Lipinski definition) is 2. The van der Waals surface area contributed by atoms with Crippen molar-refractivity contribution >= 4 is 11.6 Å². The summed E-state index contributed by atoms with van der Waals surface area (Å²) < 4.78 is 42.3. The SMILES string of the molecule is CC(Oc1ccc(C(F)(F)F)cc1[N+](=O)[O-])C(=O)NN. The van der Waals surface area contributed by atoms with Crippen LogP contribution in [0.1, 0.15) is 12.5 Å². The molecule has 0 heterocycles. The standard InChI is InChI=1S/C10H10F3N3O4/c1-5(9(17)15-14)20-8-3-2-6(10(11,12)13)4-7(8)16(18)19/h2-5H,14H2,1H3,(H,15,17). The fourth-order valence-electron chi connectivity index (χ4n) is 1.30. The third kappa shape index (κ3) is 3.57. The van der Waals surface area contributed by atoms with Gasteiger partial charge in [-0.1, -0.05) is 0 Å². The summed E-state index contributed by atoms with van der Waals surface area (Å²) in [6.07, 6.45) is -5.92. The number of hydrazine groups is 1. The van der Waals surface area contributed by atoms with Crippen molar-refractivity contribution in [3.8, 4) is 5.75 Å². The molecule has 0 aromatic heterocycles. The number of carbonyl (C=O) groups is 1. The van der Waals surface area contributed by atoms with Crippen LogP contribution in [0.2, 0.25) is 0 Å². The normalized spacial score (nSPS) is 12.7. The molecule has 1 rings (SSSR count). The first-order chi connectivity index (χ1) is 9.16. The van der Waals surface area contributed by atoms with Gasteiger partial charge in [0, 0.05) is 6.07 Å². The van der Waals surface area contributed by atoms with E-state index in [0.717, 1.165) is 6.07 Å². The molecule has 0 saturated carbocycles. The third-order valence-corrected chi connectivity index (χ3v) is 2.30.